The van der Waals surface area contributed by atoms with Crippen molar-refractivity contribution in [3.8, 4) is 0 Å². The van der Waals surface area contributed by atoms with Crippen molar-refractivity contribution in [1.29, 1.82) is 0 Å². The Balaban J connectivity index is 2.07. The lowest BCUT2D eigenvalue weighted by Crippen LogP contribution is -2.42. The summed E-state index contributed by atoms with van der Waals surface area (Å²) in [5, 5.41) is 2.72. The zero-order valence-electron chi connectivity index (χ0n) is 11.2. The molecule has 108 valence electrons. The van der Waals surface area contributed by atoms with E-state index in [0.29, 0.717) is 25.9 Å². The third kappa shape index (κ3) is 2.93. The van der Waals surface area contributed by atoms with Gasteiger partial charge in [0, 0.05) is 26.1 Å². The lowest BCUT2D eigenvalue weighted by atomic mass is 9.95. The summed E-state index contributed by atoms with van der Waals surface area (Å²) in [6.45, 7) is 0.864. The largest absolute Gasteiger partial charge is 0.359 e. The molecule has 1 aromatic rings. The number of carbonyl (C=O) groups excluding carboxylic acids is 2. The zero-order chi connectivity index (χ0) is 14.7. The molecule has 0 saturated carbocycles. The maximum absolute atomic E-state index is 13.7. The molecule has 4 nitrogen and oxygen atoms in total. The number of amides is 2. The number of nitrogens with zero attached hydrogens (tertiary/aromatic N) is 1. The van der Waals surface area contributed by atoms with Crippen molar-refractivity contribution in [2.45, 2.75) is 12.8 Å². The second kappa shape index (κ2) is 6.22. The standard InChI is InChI=1S/C14H16ClFN2O2/c1-17-13(19)9-5-7-18(8-6-9)14(20)12-10(15)3-2-4-11(12)16/h2-4,9H,5-8H2,1H3,(H,17,19). The summed E-state index contributed by atoms with van der Waals surface area (Å²) in [6, 6.07) is 4.18. The van der Waals surface area contributed by atoms with Crippen LogP contribution in [-0.4, -0.2) is 36.9 Å². The molecule has 2 rings (SSSR count). The lowest BCUT2D eigenvalue weighted by Gasteiger charge is -2.31. The SMILES string of the molecule is CNC(=O)C1CCN(C(=O)c2c(F)cccc2Cl)CC1. The minimum absolute atomic E-state index is 0.0129. The fourth-order valence-corrected chi connectivity index (χ4v) is 2.65. The summed E-state index contributed by atoms with van der Waals surface area (Å²) in [7, 11) is 1.60. The Hall–Kier alpha value is -1.62. The molecular weight excluding hydrogens is 283 g/mol. The third-order valence-electron chi connectivity index (χ3n) is 3.58. The Morgan fingerprint density at radius 3 is 2.55 bits per heavy atom. The molecule has 20 heavy (non-hydrogen) atoms. The third-order valence-corrected chi connectivity index (χ3v) is 3.89. The topological polar surface area (TPSA) is 49.4 Å². The van der Waals surface area contributed by atoms with Crippen molar-refractivity contribution < 1.29 is 14.0 Å². The van der Waals surface area contributed by atoms with Crippen molar-refractivity contribution in [3.63, 3.8) is 0 Å². The molecule has 1 aromatic carbocycles. The molecule has 1 aliphatic rings. The first-order valence-electron chi connectivity index (χ1n) is 6.49. The Morgan fingerprint density at radius 1 is 1.35 bits per heavy atom. The van der Waals surface area contributed by atoms with Gasteiger partial charge in [-0.05, 0) is 25.0 Å². The van der Waals surface area contributed by atoms with Gasteiger partial charge in [-0.25, -0.2) is 4.39 Å². The average molecular weight is 299 g/mol. The summed E-state index contributed by atoms with van der Waals surface area (Å²) in [5.74, 6) is -1.12. The highest BCUT2D eigenvalue weighted by atomic mass is 35.5. The molecule has 0 atom stereocenters. The molecule has 1 saturated heterocycles. The number of piperidine rings is 1. The van der Waals surface area contributed by atoms with Gasteiger partial charge in [0.2, 0.25) is 5.91 Å². The van der Waals surface area contributed by atoms with Crippen LogP contribution in [0.5, 0.6) is 0 Å². The molecular formula is C14H16ClFN2O2. The van der Waals surface area contributed by atoms with Crippen LogP contribution in [-0.2, 0) is 4.79 Å². The van der Waals surface area contributed by atoms with E-state index in [1.165, 1.54) is 18.2 Å². The summed E-state index contributed by atoms with van der Waals surface area (Å²) < 4.78 is 13.7. The first-order chi connectivity index (χ1) is 9.54. The van der Waals surface area contributed by atoms with Crippen LogP contribution in [0.3, 0.4) is 0 Å². The van der Waals surface area contributed by atoms with E-state index in [9.17, 15) is 14.0 Å². The number of hydrogen-bond donors (Lipinski definition) is 1. The van der Waals surface area contributed by atoms with Crippen LogP contribution < -0.4 is 5.32 Å². The highest BCUT2D eigenvalue weighted by Crippen LogP contribution is 2.24. The predicted molar refractivity (Wildman–Crippen MR) is 74.1 cm³/mol. The fourth-order valence-electron chi connectivity index (χ4n) is 2.41. The number of halogens is 2. The predicted octanol–water partition coefficient (Wildman–Crippen LogP) is 2.08. The molecule has 1 aliphatic heterocycles. The summed E-state index contributed by atoms with van der Waals surface area (Å²) >= 11 is 5.89. The van der Waals surface area contributed by atoms with Crippen molar-refractivity contribution in [2.24, 2.45) is 5.92 Å². The van der Waals surface area contributed by atoms with Crippen molar-refractivity contribution in [2.75, 3.05) is 20.1 Å². The minimum atomic E-state index is -0.615. The van der Waals surface area contributed by atoms with Gasteiger partial charge in [0.15, 0.2) is 0 Å². The van der Waals surface area contributed by atoms with Gasteiger partial charge in [0.1, 0.15) is 5.82 Å². The molecule has 1 heterocycles. The number of likely N-dealkylation sites (tertiary alicyclic amines) is 1. The van der Waals surface area contributed by atoms with E-state index >= 15 is 0 Å². The van der Waals surface area contributed by atoms with Gasteiger partial charge >= 0.3 is 0 Å². The molecule has 0 aliphatic carbocycles. The lowest BCUT2D eigenvalue weighted by molar-refractivity contribution is -0.125. The number of nitrogens with one attached hydrogen (secondary N) is 1. The van der Waals surface area contributed by atoms with Gasteiger partial charge in [0.25, 0.3) is 5.91 Å². The molecule has 0 unspecified atom stereocenters. The molecule has 0 radical (unpaired) electrons. The van der Waals surface area contributed by atoms with Gasteiger partial charge in [0.05, 0.1) is 10.6 Å². The van der Waals surface area contributed by atoms with E-state index in [2.05, 4.69) is 5.32 Å². The van der Waals surface area contributed by atoms with E-state index in [-0.39, 0.29) is 22.4 Å². The maximum atomic E-state index is 13.7. The Kier molecular flexibility index (Phi) is 4.60. The second-order valence-electron chi connectivity index (χ2n) is 4.78. The zero-order valence-corrected chi connectivity index (χ0v) is 11.9. The Bertz CT molecular complexity index is 508. The first-order valence-corrected chi connectivity index (χ1v) is 6.87. The van der Waals surface area contributed by atoms with Crippen LogP contribution in [0.4, 0.5) is 4.39 Å². The quantitative estimate of drug-likeness (QED) is 0.909. The molecule has 0 aromatic heterocycles. The maximum Gasteiger partial charge on any atom is 0.258 e. The highest BCUT2D eigenvalue weighted by Gasteiger charge is 2.29. The van der Waals surface area contributed by atoms with Crippen LogP contribution in [0.2, 0.25) is 5.02 Å². The van der Waals surface area contributed by atoms with Crippen molar-refractivity contribution in [3.05, 3.63) is 34.6 Å². The van der Waals surface area contributed by atoms with E-state index < -0.39 is 11.7 Å². The second-order valence-corrected chi connectivity index (χ2v) is 5.18. The van der Waals surface area contributed by atoms with E-state index in [4.69, 9.17) is 11.6 Å². The number of rotatable bonds is 2. The van der Waals surface area contributed by atoms with Crippen molar-refractivity contribution in [1.82, 2.24) is 10.2 Å². The average Bonchev–Trinajstić information content (AvgIpc) is 2.46. The normalized spacial score (nSPS) is 16.1. The highest BCUT2D eigenvalue weighted by molar-refractivity contribution is 6.33. The summed E-state index contributed by atoms with van der Waals surface area (Å²) in [5.41, 5.74) is -0.0902. The van der Waals surface area contributed by atoms with Gasteiger partial charge in [-0.3, -0.25) is 9.59 Å². The fraction of sp³-hybridized carbons (Fsp3) is 0.429. The van der Waals surface area contributed by atoms with Crippen LogP contribution >= 0.6 is 11.6 Å². The number of benzene rings is 1. The van der Waals surface area contributed by atoms with E-state index in [0.717, 1.165) is 0 Å². The number of hydrogen-bond acceptors (Lipinski definition) is 2. The van der Waals surface area contributed by atoms with Crippen LogP contribution in [0.15, 0.2) is 18.2 Å². The van der Waals surface area contributed by atoms with E-state index in [1.807, 2.05) is 0 Å². The van der Waals surface area contributed by atoms with E-state index in [1.54, 1.807) is 11.9 Å². The molecule has 0 bridgehead atoms. The number of carbonyl (C=O) groups is 2. The Labute approximate surface area is 121 Å². The van der Waals surface area contributed by atoms with Gasteiger partial charge in [-0.1, -0.05) is 17.7 Å². The summed E-state index contributed by atoms with van der Waals surface area (Å²) in [6.07, 6.45) is 1.16. The van der Waals surface area contributed by atoms with Crippen LogP contribution in [0.1, 0.15) is 23.2 Å². The molecule has 1 fully saturated rings. The monoisotopic (exact) mass is 298 g/mol. The molecule has 1 N–H and O–H groups in total. The molecule has 6 heteroatoms. The van der Waals surface area contributed by atoms with Gasteiger partial charge in [-0.15, -0.1) is 0 Å². The van der Waals surface area contributed by atoms with Gasteiger partial charge < -0.3 is 10.2 Å². The summed E-state index contributed by atoms with van der Waals surface area (Å²) in [4.78, 5) is 25.4. The molecule has 0 spiro atoms. The van der Waals surface area contributed by atoms with Gasteiger partial charge in [-0.2, -0.15) is 0 Å². The van der Waals surface area contributed by atoms with Crippen LogP contribution in [0, 0.1) is 11.7 Å². The first kappa shape index (κ1) is 14.8. The van der Waals surface area contributed by atoms with Crippen LogP contribution in [0.25, 0.3) is 0 Å². The minimum Gasteiger partial charge on any atom is -0.359 e. The smallest absolute Gasteiger partial charge is 0.258 e. The van der Waals surface area contributed by atoms with Crippen molar-refractivity contribution >= 4 is 23.4 Å². The Morgan fingerprint density at radius 2 is 2.00 bits per heavy atom. The molecule has 2 amide bonds.